The Morgan fingerprint density at radius 1 is 1.09 bits per heavy atom. The van der Waals surface area contributed by atoms with Crippen LogP contribution in [0.25, 0.3) is 0 Å². The number of thiocarbonyl (C=S) groups is 1. The topological polar surface area (TPSA) is 18.5 Å². The van der Waals surface area contributed by atoms with Crippen molar-refractivity contribution in [2.45, 2.75) is 24.9 Å². The molecule has 1 fully saturated rings. The van der Waals surface area contributed by atoms with Gasteiger partial charge in [-0.2, -0.15) is 0 Å². The van der Waals surface area contributed by atoms with Crippen LogP contribution in [-0.4, -0.2) is 25.2 Å². The fraction of sp³-hybridized carbons (Fsp3) is 0.350. The average molecular weight is 326 g/mol. The first-order valence-electron chi connectivity index (χ1n) is 8.04. The zero-order valence-corrected chi connectivity index (χ0v) is 14.3. The van der Waals surface area contributed by atoms with E-state index in [9.17, 15) is 0 Å². The summed E-state index contributed by atoms with van der Waals surface area (Å²) in [5, 5.41) is 0. The maximum atomic E-state index is 5.90. The second-order valence-electron chi connectivity index (χ2n) is 5.98. The average Bonchev–Trinajstić information content (AvgIpc) is 2.63. The first-order chi connectivity index (χ1) is 11.2. The summed E-state index contributed by atoms with van der Waals surface area (Å²) in [6, 6.07) is 18.9. The summed E-state index contributed by atoms with van der Waals surface area (Å²) < 4.78 is 11.4. The highest BCUT2D eigenvalue weighted by molar-refractivity contribution is 7.80. The number of rotatable bonds is 5. The lowest BCUT2D eigenvalue weighted by Crippen LogP contribution is -2.35. The molecule has 0 aromatic heterocycles. The van der Waals surface area contributed by atoms with Crippen LogP contribution >= 0.6 is 12.2 Å². The molecular formula is C20H22O2S. The van der Waals surface area contributed by atoms with Crippen LogP contribution in [0.4, 0.5) is 0 Å². The van der Waals surface area contributed by atoms with Crippen LogP contribution in [0.1, 0.15) is 29.5 Å². The van der Waals surface area contributed by atoms with Crippen molar-refractivity contribution in [2.75, 3.05) is 20.3 Å². The first-order valence-corrected chi connectivity index (χ1v) is 8.45. The maximum absolute atomic E-state index is 5.90. The van der Waals surface area contributed by atoms with Gasteiger partial charge in [0.15, 0.2) is 0 Å². The van der Waals surface area contributed by atoms with Gasteiger partial charge in [0.1, 0.15) is 0 Å². The second-order valence-corrected chi connectivity index (χ2v) is 6.47. The molecule has 3 rings (SSSR count). The molecule has 0 aliphatic carbocycles. The Morgan fingerprint density at radius 3 is 2.52 bits per heavy atom. The van der Waals surface area contributed by atoms with Crippen LogP contribution < -0.4 is 0 Å². The Hall–Kier alpha value is -1.55. The van der Waals surface area contributed by atoms with Crippen molar-refractivity contribution in [3.8, 4) is 0 Å². The second kappa shape index (κ2) is 7.35. The molecule has 0 N–H and O–H groups in total. The summed E-state index contributed by atoms with van der Waals surface area (Å²) in [6.45, 7) is 1.50. The fourth-order valence-electron chi connectivity index (χ4n) is 3.19. The van der Waals surface area contributed by atoms with Crippen molar-refractivity contribution < 1.29 is 9.47 Å². The molecule has 1 aliphatic rings. The minimum Gasteiger partial charge on any atom is -0.381 e. The minimum atomic E-state index is -0.220. The van der Waals surface area contributed by atoms with Gasteiger partial charge in [-0.3, -0.25) is 0 Å². The summed E-state index contributed by atoms with van der Waals surface area (Å²) in [5.74, 6) is 0. The van der Waals surface area contributed by atoms with Crippen molar-refractivity contribution in [2.24, 2.45) is 0 Å². The molecule has 0 unspecified atom stereocenters. The number of methoxy groups -OCH3 is 1. The molecule has 23 heavy (non-hydrogen) atoms. The zero-order valence-electron chi connectivity index (χ0n) is 13.5. The molecule has 1 aliphatic heterocycles. The van der Waals surface area contributed by atoms with Crippen molar-refractivity contribution >= 4 is 17.1 Å². The molecule has 2 aromatic carbocycles. The van der Waals surface area contributed by atoms with Crippen LogP contribution in [0.3, 0.4) is 0 Å². The molecule has 2 aromatic rings. The van der Waals surface area contributed by atoms with E-state index < -0.39 is 0 Å². The summed E-state index contributed by atoms with van der Waals surface area (Å²) in [6.07, 6.45) is 2.58. The Morgan fingerprint density at radius 2 is 1.83 bits per heavy atom. The van der Waals surface area contributed by atoms with Gasteiger partial charge in [-0.1, -0.05) is 66.8 Å². The molecule has 0 atom stereocenters. The third-order valence-corrected chi connectivity index (χ3v) is 4.98. The zero-order chi connectivity index (χ0) is 16.1. The van der Waals surface area contributed by atoms with Gasteiger partial charge in [0.05, 0.1) is 5.60 Å². The number of hydrogen-bond acceptors (Lipinski definition) is 3. The van der Waals surface area contributed by atoms with E-state index >= 15 is 0 Å². The normalized spacial score (nSPS) is 16.9. The Kier molecular flexibility index (Phi) is 5.21. The molecular weight excluding hydrogens is 304 g/mol. The van der Waals surface area contributed by atoms with E-state index in [2.05, 4.69) is 36.4 Å². The summed E-state index contributed by atoms with van der Waals surface area (Å²) >= 11 is 5.61. The highest BCUT2D eigenvalue weighted by Crippen LogP contribution is 2.35. The Balaban J connectivity index is 1.81. The van der Waals surface area contributed by atoms with Crippen LogP contribution in [0.15, 0.2) is 54.6 Å². The first kappa shape index (κ1) is 16.3. The van der Waals surface area contributed by atoms with Gasteiger partial charge in [-0.05, 0) is 16.7 Å². The van der Waals surface area contributed by atoms with Gasteiger partial charge in [-0.25, -0.2) is 0 Å². The van der Waals surface area contributed by atoms with E-state index in [0.717, 1.165) is 42.9 Å². The SMILES string of the molecule is COC1(c2cccc(CC(=S)c3ccccc3)c2)CCOCC1. The molecule has 1 heterocycles. The molecule has 120 valence electrons. The molecule has 0 amide bonds. The van der Waals surface area contributed by atoms with E-state index in [-0.39, 0.29) is 5.60 Å². The number of benzene rings is 2. The van der Waals surface area contributed by atoms with E-state index in [1.807, 2.05) is 18.2 Å². The Bertz CT molecular complexity index is 660. The smallest absolute Gasteiger partial charge is 0.0971 e. The van der Waals surface area contributed by atoms with Gasteiger partial charge < -0.3 is 9.47 Å². The van der Waals surface area contributed by atoms with Crippen molar-refractivity contribution in [3.05, 3.63) is 71.3 Å². The van der Waals surface area contributed by atoms with Gasteiger partial charge >= 0.3 is 0 Å². The van der Waals surface area contributed by atoms with Crippen LogP contribution in [0, 0.1) is 0 Å². The number of hydrogen-bond donors (Lipinski definition) is 0. The highest BCUT2D eigenvalue weighted by Gasteiger charge is 2.34. The van der Waals surface area contributed by atoms with Gasteiger partial charge in [0.25, 0.3) is 0 Å². The summed E-state index contributed by atoms with van der Waals surface area (Å²) in [5.41, 5.74) is 3.37. The van der Waals surface area contributed by atoms with E-state index in [1.54, 1.807) is 7.11 Å². The molecule has 0 bridgehead atoms. The largest absolute Gasteiger partial charge is 0.381 e. The van der Waals surface area contributed by atoms with E-state index in [4.69, 9.17) is 21.7 Å². The van der Waals surface area contributed by atoms with Gasteiger partial charge in [-0.15, -0.1) is 0 Å². The van der Waals surface area contributed by atoms with Crippen LogP contribution in [-0.2, 0) is 21.5 Å². The van der Waals surface area contributed by atoms with Gasteiger partial charge in [0, 0.05) is 44.5 Å². The van der Waals surface area contributed by atoms with Gasteiger partial charge in [0.2, 0.25) is 0 Å². The standard InChI is InChI=1S/C20H22O2S/c1-21-20(10-12-22-13-11-20)18-9-5-6-16(14-18)15-19(23)17-7-3-2-4-8-17/h2-9,14H,10-13,15H2,1H3. The summed E-state index contributed by atoms with van der Waals surface area (Å²) in [7, 11) is 1.80. The molecule has 0 radical (unpaired) electrons. The quantitative estimate of drug-likeness (QED) is 0.603. The third kappa shape index (κ3) is 3.69. The van der Waals surface area contributed by atoms with Crippen molar-refractivity contribution in [3.63, 3.8) is 0 Å². The van der Waals surface area contributed by atoms with Crippen LogP contribution in [0.5, 0.6) is 0 Å². The lowest BCUT2D eigenvalue weighted by Gasteiger charge is -2.36. The van der Waals surface area contributed by atoms with E-state index in [0.29, 0.717) is 0 Å². The van der Waals surface area contributed by atoms with E-state index in [1.165, 1.54) is 11.1 Å². The Labute approximate surface area is 143 Å². The molecule has 1 saturated heterocycles. The van der Waals surface area contributed by atoms with Crippen LogP contribution in [0.2, 0.25) is 0 Å². The lowest BCUT2D eigenvalue weighted by atomic mass is 9.85. The monoisotopic (exact) mass is 326 g/mol. The molecule has 2 nitrogen and oxygen atoms in total. The minimum absolute atomic E-state index is 0.220. The predicted octanol–water partition coefficient (Wildman–Crippen LogP) is 4.30. The number of ether oxygens (including phenoxy) is 2. The molecule has 3 heteroatoms. The fourth-order valence-corrected chi connectivity index (χ4v) is 3.49. The predicted molar refractivity (Wildman–Crippen MR) is 97.0 cm³/mol. The highest BCUT2D eigenvalue weighted by atomic mass is 32.1. The maximum Gasteiger partial charge on any atom is 0.0971 e. The van der Waals surface area contributed by atoms with Crippen molar-refractivity contribution in [1.29, 1.82) is 0 Å². The van der Waals surface area contributed by atoms with Crippen molar-refractivity contribution in [1.82, 2.24) is 0 Å². The molecule has 0 saturated carbocycles. The molecule has 0 spiro atoms. The summed E-state index contributed by atoms with van der Waals surface area (Å²) in [4.78, 5) is 0.973. The third-order valence-electron chi connectivity index (χ3n) is 4.60. The lowest BCUT2D eigenvalue weighted by molar-refractivity contribution is -0.0948.